The maximum Gasteiger partial charge on any atom is 0.407 e. The van der Waals surface area contributed by atoms with Crippen LogP contribution in [0.15, 0.2) is 6.20 Å². The zero-order valence-electron chi connectivity index (χ0n) is 18.7. The topological polar surface area (TPSA) is 112 Å². The number of carbonyl (C=O) groups is 1. The third-order valence-corrected chi connectivity index (χ3v) is 5.16. The summed E-state index contributed by atoms with van der Waals surface area (Å²) in [4.78, 5) is 25.4. The standard InChI is InChI=1S/C20H35N5O5/c1-20(2,3)30-19(26)22-16-9-10-24(14-15(12-16)8-6-7-11-29-5)18-17(25(27)28)13-21-23(18)4/h13,15-16H,6-12,14H2,1-5H3,(H,22,26). The summed E-state index contributed by atoms with van der Waals surface area (Å²) in [5.41, 5.74) is -0.551. The molecule has 2 atom stereocenters. The van der Waals surface area contributed by atoms with Crippen LogP contribution in [0.25, 0.3) is 0 Å². The highest BCUT2D eigenvalue weighted by Crippen LogP contribution is 2.32. The first-order valence-electron chi connectivity index (χ1n) is 10.5. The zero-order chi connectivity index (χ0) is 22.3. The highest BCUT2D eigenvalue weighted by molar-refractivity contribution is 5.68. The molecule has 0 saturated carbocycles. The largest absolute Gasteiger partial charge is 0.444 e. The molecule has 1 aromatic heterocycles. The number of amides is 1. The van der Waals surface area contributed by atoms with Gasteiger partial charge in [-0.2, -0.15) is 5.10 Å². The van der Waals surface area contributed by atoms with Crippen molar-refractivity contribution < 1.29 is 19.2 Å². The smallest absolute Gasteiger partial charge is 0.407 e. The molecular weight excluding hydrogens is 390 g/mol. The molecule has 1 aliphatic heterocycles. The molecule has 1 saturated heterocycles. The number of nitrogens with zero attached hydrogens (tertiary/aromatic N) is 4. The average molecular weight is 426 g/mol. The number of nitrogens with one attached hydrogen (secondary N) is 1. The van der Waals surface area contributed by atoms with E-state index in [0.29, 0.717) is 31.9 Å². The highest BCUT2D eigenvalue weighted by atomic mass is 16.6. The average Bonchev–Trinajstić information content (AvgIpc) is 2.90. The van der Waals surface area contributed by atoms with Gasteiger partial charge in [0.15, 0.2) is 0 Å². The first kappa shape index (κ1) is 23.9. The van der Waals surface area contributed by atoms with E-state index in [4.69, 9.17) is 9.47 Å². The van der Waals surface area contributed by atoms with Crippen molar-refractivity contribution in [3.8, 4) is 0 Å². The summed E-state index contributed by atoms with van der Waals surface area (Å²) in [6, 6.07) is -0.0513. The van der Waals surface area contributed by atoms with Crippen LogP contribution in [0.4, 0.5) is 16.3 Å². The van der Waals surface area contributed by atoms with Crippen LogP contribution in [0.5, 0.6) is 0 Å². The molecule has 1 N–H and O–H groups in total. The van der Waals surface area contributed by atoms with Crippen molar-refractivity contribution in [1.29, 1.82) is 0 Å². The number of anilines is 1. The van der Waals surface area contributed by atoms with Crippen molar-refractivity contribution in [2.75, 3.05) is 31.7 Å². The lowest BCUT2D eigenvalue weighted by Crippen LogP contribution is -2.40. The summed E-state index contributed by atoms with van der Waals surface area (Å²) in [5, 5.41) is 18.6. The second kappa shape index (κ2) is 10.6. The Morgan fingerprint density at radius 1 is 1.40 bits per heavy atom. The van der Waals surface area contributed by atoms with Gasteiger partial charge in [0.25, 0.3) is 0 Å². The van der Waals surface area contributed by atoms with Crippen LogP contribution < -0.4 is 10.2 Å². The van der Waals surface area contributed by atoms with E-state index in [9.17, 15) is 14.9 Å². The van der Waals surface area contributed by atoms with Crippen molar-refractivity contribution in [3.05, 3.63) is 16.3 Å². The number of aryl methyl sites for hydroxylation is 1. The van der Waals surface area contributed by atoms with Crippen molar-refractivity contribution in [1.82, 2.24) is 15.1 Å². The second-order valence-corrected chi connectivity index (χ2v) is 8.90. The molecule has 10 heteroatoms. The van der Waals surface area contributed by atoms with Gasteiger partial charge in [0.2, 0.25) is 5.82 Å². The monoisotopic (exact) mass is 425 g/mol. The Labute approximate surface area is 178 Å². The van der Waals surface area contributed by atoms with Gasteiger partial charge >= 0.3 is 11.8 Å². The molecule has 1 aromatic rings. The maximum atomic E-state index is 12.3. The highest BCUT2D eigenvalue weighted by Gasteiger charge is 2.31. The summed E-state index contributed by atoms with van der Waals surface area (Å²) in [6.45, 7) is 7.49. The van der Waals surface area contributed by atoms with Crippen molar-refractivity contribution >= 4 is 17.6 Å². The number of hydrogen-bond donors (Lipinski definition) is 1. The normalized spacial score (nSPS) is 20.0. The number of unbranched alkanes of at least 4 members (excludes halogenated alkanes) is 1. The van der Waals surface area contributed by atoms with Crippen LogP contribution in [0.3, 0.4) is 0 Å². The zero-order valence-corrected chi connectivity index (χ0v) is 18.7. The lowest BCUT2D eigenvalue weighted by molar-refractivity contribution is -0.384. The minimum atomic E-state index is -0.560. The van der Waals surface area contributed by atoms with Gasteiger partial charge in [-0.15, -0.1) is 0 Å². The van der Waals surface area contributed by atoms with Crippen LogP contribution >= 0.6 is 0 Å². The molecule has 2 heterocycles. The van der Waals surface area contributed by atoms with E-state index in [2.05, 4.69) is 10.4 Å². The molecule has 0 spiro atoms. The number of ether oxygens (including phenoxy) is 2. The molecule has 0 aliphatic carbocycles. The number of alkyl carbamates (subject to hydrolysis) is 1. The van der Waals surface area contributed by atoms with E-state index in [1.807, 2.05) is 25.7 Å². The van der Waals surface area contributed by atoms with Crippen LogP contribution in [0.2, 0.25) is 0 Å². The van der Waals surface area contributed by atoms with Gasteiger partial charge in [-0.1, -0.05) is 6.42 Å². The summed E-state index contributed by atoms with van der Waals surface area (Å²) >= 11 is 0. The Bertz CT molecular complexity index is 715. The Kier molecular flexibility index (Phi) is 8.45. The number of nitro groups is 1. The quantitative estimate of drug-likeness (QED) is 0.386. The van der Waals surface area contributed by atoms with E-state index < -0.39 is 16.6 Å². The minimum Gasteiger partial charge on any atom is -0.444 e. The van der Waals surface area contributed by atoms with Gasteiger partial charge in [-0.05, 0) is 52.4 Å². The minimum absolute atomic E-state index is 0.00850. The molecule has 1 amide bonds. The molecule has 170 valence electrons. The molecule has 1 fully saturated rings. The third-order valence-electron chi connectivity index (χ3n) is 5.16. The number of methoxy groups -OCH3 is 1. The fourth-order valence-electron chi connectivity index (χ4n) is 3.91. The summed E-state index contributed by atoms with van der Waals surface area (Å²) in [7, 11) is 3.41. The first-order chi connectivity index (χ1) is 14.1. The fraction of sp³-hybridized carbons (Fsp3) is 0.800. The van der Waals surface area contributed by atoms with Gasteiger partial charge in [-0.3, -0.25) is 10.1 Å². The molecule has 0 aromatic carbocycles. The van der Waals surface area contributed by atoms with Gasteiger partial charge in [0.1, 0.15) is 11.8 Å². The van der Waals surface area contributed by atoms with E-state index in [1.54, 1.807) is 18.8 Å². The summed E-state index contributed by atoms with van der Waals surface area (Å²) in [6.07, 6.45) is 5.26. The van der Waals surface area contributed by atoms with E-state index >= 15 is 0 Å². The molecule has 0 radical (unpaired) electrons. The van der Waals surface area contributed by atoms with Crippen molar-refractivity contribution in [2.45, 2.75) is 64.5 Å². The first-order valence-corrected chi connectivity index (χ1v) is 10.5. The number of carbonyl (C=O) groups excluding carboxylic acids is 1. The summed E-state index contributed by atoms with van der Waals surface area (Å²) in [5.74, 6) is 0.790. The van der Waals surface area contributed by atoms with Gasteiger partial charge in [0, 0.05) is 39.9 Å². The van der Waals surface area contributed by atoms with Crippen molar-refractivity contribution in [3.63, 3.8) is 0 Å². The number of hydrogen-bond acceptors (Lipinski definition) is 7. The Morgan fingerprint density at radius 3 is 2.77 bits per heavy atom. The van der Waals surface area contributed by atoms with Crippen LogP contribution in [0.1, 0.15) is 52.9 Å². The number of rotatable bonds is 8. The Balaban J connectivity index is 2.14. The van der Waals surface area contributed by atoms with Gasteiger partial charge < -0.3 is 19.7 Å². The van der Waals surface area contributed by atoms with Gasteiger partial charge in [0.05, 0.1) is 4.92 Å². The Morgan fingerprint density at radius 2 is 2.13 bits per heavy atom. The predicted molar refractivity (Wildman–Crippen MR) is 114 cm³/mol. The lowest BCUT2D eigenvalue weighted by Gasteiger charge is -2.25. The third kappa shape index (κ3) is 7.16. The molecule has 0 bridgehead atoms. The molecule has 2 rings (SSSR count). The van der Waals surface area contributed by atoms with E-state index in [-0.39, 0.29) is 17.6 Å². The van der Waals surface area contributed by atoms with Crippen LogP contribution in [0, 0.1) is 16.0 Å². The molecule has 2 unspecified atom stereocenters. The summed E-state index contributed by atoms with van der Waals surface area (Å²) < 4.78 is 12.1. The molecule has 10 nitrogen and oxygen atoms in total. The van der Waals surface area contributed by atoms with E-state index in [0.717, 1.165) is 25.7 Å². The van der Waals surface area contributed by atoms with Crippen molar-refractivity contribution in [2.24, 2.45) is 13.0 Å². The fourth-order valence-corrected chi connectivity index (χ4v) is 3.91. The maximum absolute atomic E-state index is 12.3. The molecule has 30 heavy (non-hydrogen) atoms. The van der Waals surface area contributed by atoms with Crippen LogP contribution in [-0.2, 0) is 16.5 Å². The second-order valence-electron chi connectivity index (χ2n) is 8.90. The molecular formula is C20H35N5O5. The SMILES string of the molecule is COCCCCC1CC(NC(=O)OC(C)(C)C)CCN(c2c([N+](=O)[O-])cnn2C)C1. The number of aromatic nitrogens is 2. The predicted octanol–water partition coefficient (Wildman–Crippen LogP) is 3.25. The molecule has 1 aliphatic rings. The van der Waals surface area contributed by atoms with E-state index in [1.165, 1.54) is 6.20 Å². The Hall–Kier alpha value is -2.36. The van der Waals surface area contributed by atoms with Crippen LogP contribution in [-0.4, -0.2) is 59.2 Å². The van der Waals surface area contributed by atoms with Gasteiger partial charge in [-0.25, -0.2) is 9.48 Å². The lowest BCUT2D eigenvalue weighted by atomic mass is 9.94.